The maximum Gasteiger partial charge on any atom is 0.323 e. The highest BCUT2D eigenvalue weighted by atomic mass is 16.6. The Labute approximate surface area is 155 Å². The van der Waals surface area contributed by atoms with Crippen LogP contribution in [0.5, 0.6) is 0 Å². The Morgan fingerprint density at radius 2 is 1.65 bits per heavy atom. The second-order valence-electron chi connectivity index (χ2n) is 7.03. The summed E-state index contributed by atoms with van der Waals surface area (Å²) >= 11 is 0. The quantitative estimate of drug-likeness (QED) is 0.622. The van der Waals surface area contributed by atoms with E-state index in [1.165, 1.54) is 0 Å². The van der Waals surface area contributed by atoms with E-state index in [1.54, 1.807) is 20.8 Å². The third-order valence-corrected chi connectivity index (χ3v) is 5.26. The fraction of sp³-hybridized carbons (Fsp3) is 0.524. The Morgan fingerprint density at radius 1 is 1.12 bits per heavy atom. The molecule has 5 heteroatoms. The lowest BCUT2D eigenvalue weighted by atomic mass is 9.61. The molecule has 0 aromatic heterocycles. The van der Waals surface area contributed by atoms with Crippen LogP contribution in [0.3, 0.4) is 0 Å². The highest BCUT2D eigenvalue weighted by molar-refractivity contribution is 6.00. The molecule has 1 aromatic carbocycles. The Morgan fingerprint density at radius 3 is 2.15 bits per heavy atom. The van der Waals surface area contributed by atoms with E-state index < -0.39 is 28.9 Å². The molecule has 5 nitrogen and oxygen atoms in total. The van der Waals surface area contributed by atoms with Gasteiger partial charge in [-0.2, -0.15) is 0 Å². The predicted octanol–water partition coefficient (Wildman–Crippen LogP) is 3.36. The third kappa shape index (κ3) is 3.83. The van der Waals surface area contributed by atoms with Gasteiger partial charge in [0.1, 0.15) is 0 Å². The lowest BCUT2D eigenvalue weighted by Crippen LogP contribution is -2.52. The maximum atomic E-state index is 12.7. The largest absolute Gasteiger partial charge is 0.465 e. The average Bonchev–Trinajstić information content (AvgIpc) is 2.62. The van der Waals surface area contributed by atoms with E-state index >= 15 is 0 Å². The number of esters is 2. The maximum absolute atomic E-state index is 12.7. The van der Waals surface area contributed by atoms with Crippen molar-refractivity contribution in [1.29, 1.82) is 0 Å². The van der Waals surface area contributed by atoms with Crippen molar-refractivity contribution in [1.82, 2.24) is 0 Å². The molecule has 2 rings (SSSR count). The topological polar surface area (TPSA) is 72.8 Å². The standard InChI is InChI=1S/C21H28O5/c1-5-25-18(22)21(19(23)26-6-2)13-12-20(4,24)17(14-21)15(3)16-10-8-7-9-11-16/h7-11,17,24H,3,5-6,12-14H2,1-2,4H3/t17-,20+/m0/s1. The molecule has 0 amide bonds. The SMILES string of the molecule is C=C(c1ccccc1)[C@@H]1CC(C(=O)OCC)(C(=O)OCC)CC[C@@]1(C)O. The third-order valence-electron chi connectivity index (χ3n) is 5.26. The zero-order chi connectivity index (χ0) is 19.4. The lowest BCUT2D eigenvalue weighted by molar-refractivity contribution is -0.180. The van der Waals surface area contributed by atoms with Gasteiger partial charge in [0.15, 0.2) is 5.41 Å². The molecule has 0 radical (unpaired) electrons. The molecular formula is C21H28O5. The van der Waals surface area contributed by atoms with Crippen LogP contribution in [-0.2, 0) is 19.1 Å². The van der Waals surface area contributed by atoms with Crippen molar-refractivity contribution < 1.29 is 24.2 Å². The van der Waals surface area contributed by atoms with Gasteiger partial charge in [-0.15, -0.1) is 0 Å². The zero-order valence-corrected chi connectivity index (χ0v) is 15.8. The van der Waals surface area contributed by atoms with E-state index in [2.05, 4.69) is 6.58 Å². The summed E-state index contributed by atoms with van der Waals surface area (Å²) in [5.74, 6) is -1.63. The fourth-order valence-corrected chi connectivity index (χ4v) is 3.66. The van der Waals surface area contributed by atoms with Crippen molar-refractivity contribution in [3.63, 3.8) is 0 Å². The number of carbonyl (C=O) groups is 2. The predicted molar refractivity (Wildman–Crippen MR) is 99.1 cm³/mol. The Kier molecular flexibility index (Phi) is 6.24. The number of benzene rings is 1. The van der Waals surface area contributed by atoms with Gasteiger partial charge in [0.05, 0.1) is 18.8 Å². The number of aliphatic hydroxyl groups is 1. The number of rotatable bonds is 6. The van der Waals surface area contributed by atoms with Gasteiger partial charge >= 0.3 is 11.9 Å². The monoisotopic (exact) mass is 360 g/mol. The molecule has 0 unspecified atom stereocenters. The first-order valence-electron chi connectivity index (χ1n) is 9.09. The Hall–Kier alpha value is -2.14. The molecule has 1 aliphatic rings. The molecular weight excluding hydrogens is 332 g/mol. The van der Waals surface area contributed by atoms with Gasteiger partial charge in [0.25, 0.3) is 0 Å². The molecule has 0 spiro atoms. The van der Waals surface area contributed by atoms with E-state index in [0.29, 0.717) is 5.57 Å². The van der Waals surface area contributed by atoms with E-state index in [9.17, 15) is 14.7 Å². The Balaban J connectivity index is 2.42. The molecule has 1 aromatic rings. The van der Waals surface area contributed by atoms with Crippen LogP contribution in [0.1, 0.15) is 45.6 Å². The van der Waals surface area contributed by atoms with Crippen molar-refractivity contribution in [3.05, 3.63) is 42.5 Å². The molecule has 0 bridgehead atoms. The second kappa shape index (κ2) is 8.04. The van der Waals surface area contributed by atoms with Crippen molar-refractivity contribution in [2.75, 3.05) is 13.2 Å². The molecule has 0 aliphatic heterocycles. The lowest BCUT2D eigenvalue weighted by Gasteiger charge is -2.45. The minimum atomic E-state index is -1.41. The second-order valence-corrected chi connectivity index (χ2v) is 7.03. The molecule has 1 fully saturated rings. The summed E-state index contributed by atoms with van der Waals surface area (Å²) in [6.45, 7) is 9.66. The van der Waals surface area contributed by atoms with Crippen LogP contribution in [0, 0.1) is 11.3 Å². The summed E-state index contributed by atoms with van der Waals surface area (Å²) in [6.07, 6.45) is 0.586. The van der Waals surface area contributed by atoms with Crippen LogP contribution < -0.4 is 0 Å². The van der Waals surface area contributed by atoms with Gasteiger partial charge in [-0.3, -0.25) is 9.59 Å². The molecule has 1 aliphatic carbocycles. The van der Waals surface area contributed by atoms with Gasteiger partial charge in [0.2, 0.25) is 0 Å². The summed E-state index contributed by atoms with van der Waals surface area (Å²) in [4.78, 5) is 25.4. The number of carbonyl (C=O) groups excluding carboxylic acids is 2. The summed E-state index contributed by atoms with van der Waals surface area (Å²) in [5, 5.41) is 11.0. The van der Waals surface area contributed by atoms with E-state index in [0.717, 1.165) is 5.56 Å². The molecule has 0 saturated heterocycles. The highest BCUT2D eigenvalue weighted by Gasteiger charge is 2.57. The van der Waals surface area contributed by atoms with Gasteiger partial charge < -0.3 is 14.6 Å². The highest BCUT2D eigenvalue weighted by Crippen LogP contribution is 2.50. The minimum Gasteiger partial charge on any atom is -0.465 e. The summed E-state index contributed by atoms with van der Waals surface area (Å²) < 4.78 is 10.4. The first-order valence-corrected chi connectivity index (χ1v) is 9.09. The van der Waals surface area contributed by atoms with Crippen molar-refractivity contribution in [2.45, 2.75) is 45.6 Å². The van der Waals surface area contributed by atoms with E-state index in [-0.39, 0.29) is 32.5 Å². The molecule has 142 valence electrons. The van der Waals surface area contributed by atoms with Crippen molar-refractivity contribution in [3.8, 4) is 0 Å². The average molecular weight is 360 g/mol. The first-order chi connectivity index (χ1) is 12.3. The molecule has 26 heavy (non-hydrogen) atoms. The Bertz CT molecular complexity index is 644. The van der Waals surface area contributed by atoms with Crippen LogP contribution in [0.25, 0.3) is 5.57 Å². The first kappa shape index (κ1) is 20.2. The van der Waals surface area contributed by atoms with Crippen LogP contribution in [0.2, 0.25) is 0 Å². The number of ether oxygens (including phenoxy) is 2. The van der Waals surface area contributed by atoms with Gasteiger partial charge in [-0.25, -0.2) is 0 Å². The van der Waals surface area contributed by atoms with Crippen LogP contribution in [-0.4, -0.2) is 35.9 Å². The number of hydrogen-bond acceptors (Lipinski definition) is 5. The van der Waals surface area contributed by atoms with E-state index in [4.69, 9.17) is 9.47 Å². The van der Waals surface area contributed by atoms with Crippen LogP contribution in [0.15, 0.2) is 36.9 Å². The summed E-state index contributed by atoms with van der Waals surface area (Å²) in [5.41, 5.74) is -0.902. The van der Waals surface area contributed by atoms with Gasteiger partial charge in [-0.05, 0) is 51.2 Å². The molecule has 0 heterocycles. The van der Waals surface area contributed by atoms with Crippen LogP contribution >= 0.6 is 0 Å². The normalized spacial score (nSPS) is 24.5. The fourth-order valence-electron chi connectivity index (χ4n) is 3.66. The van der Waals surface area contributed by atoms with Crippen molar-refractivity contribution >= 4 is 17.5 Å². The van der Waals surface area contributed by atoms with Crippen molar-refractivity contribution in [2.24, 2.45) is 11.3 Å². The van der Waals surface area contributed by atoms with E-state index in [1.807, 2.05) is 30.3 Å². The number of hydrogen-bond donors (Lipinski definition) is 1. The van der Waals surface area contributed by atoms with Crippen LogP contribution in [0.4, 0.5) is 0 Å². The molecule has 1 N–H and O–H groups in total. The van der Waals surface area contributed by atoms with Gasteiger partial charge in [0, 0.05) is 5.92 Å². The smallest absolute Gasteiger partial charge is 0.323 e. The summed E-state index contributed by atoms with van der Waals surface area (Å²) in [6, 6.07) is 9.49. The molecule has 2 atom stereocenters. The zero-order valence-electron chi connectivity index (χ0n) is 15.8. The molecule has 1 saturated carbocycles. The summed E-state index contributed by atoms with van der Waals surface area (Å²) in [7, 11) is 0. The van der Waals surface area contributed by atoms with Gasteiger partial charge in [-0.1, -0.05) is 36.9 Å². The minimum absolute atomic E-state index is 0.116.